The van der Waals surface area contributed by atoms with E-state index in [-0.39, 0.29) is 11.7 Å². The average molecular weight is 228 g/mol. The van der Waals surface area contributed by atoms with Crippen molar-refractivity contribution in [1.29, 1.82) is 0 Å². The summed E-state index contributed by atoms with van der Waals surface area (Å²) in [5.74, 6) is -0.516. The van der Waals surface area contributed by atoms with Crippen LogP contribution in [0.4, 0.5) is 4.39 Å². The van der Waals surface area contributed by atoms with Gasteiger partial charge >= 0.3 is 0 Å². The Hall–Kier alpha value is -2.16. The van der Waals surface area contributed by atoms with Gasteiger partial charge in [0.1, 0.15) is 5.82 Å². The number of hydrogen-bond acceptors (Lipinski definition) is 1. The van der Waals surface area contributed by atoms with Crippen LogP contribution in [-0.4, -0.2) is 5.91 Å². The number of rotatable bonds is 2. The van der Waals surface area contributed by atoms with E-state index in [9.17, 15) is 9.18 Å². The summed E-state index contributed by atoms with van der Waals surface area (Å²) in [5.41, 5.74) is 2.18. The number of benzene rings is 2. The Morgan fingerprint density at radius 3 is 2.35 bits per heavy atom. The van der Waals surface area contributed by atoms with Gasteiger partial charge in [0.25, 0.3) is 5.91 Å². The van der Waals surface area contributed by atoms with E-state index in [0.717, 1.165) is 11.1 Å². The van der Waals surface area contributed by atoms with E-state index >= 15 is 0 Å². The quantitative estimate of drug-likeness (QED) is 0.841. The van der Waals surface area contributed by atoms with Gasteiger partial charge in [-0.15, -0.1) is 0 Å². The molecule has 17 heavy (non-hydrogen) atoms. The van der Waals surface area contributed by atoms with Crippen LogP contribution in [0.3, 0.4) is 0 Å². The van der Waals surface area contributed by atoms with Gasteiger partial charge in [-0.05, 0) is 35.4 Å². The number of carbonyl (C=O) groups is 1. The van der Waals surface area contributed by atoms with Gasteiger partial charge in [0.05, 0.1) is 0 Å². The molecule has 2 aromatic carbocycles. The van der Waals surface area contributed by atoms with Crippen molar-refractivity contribution in [3.05, 3.63) is 67.0 Å². The van der Waals surface area contributed by atoms with Crippen LogP contribution in [0.25, 0.3) is 11.1 Å². The Morgan fingerprint density at radius 1 is 1.06 bits per heavy atom. The Balaban J connectivity index is 2.32. The zero-order valence-electron chi connectivity index (χ0n) is 9.11. The average Bonchev–Trinajstić information content (AvgIpc) is 2.38. The number of hydrogen-bond donors (Lipinski definition) is 1. The maximum absolute atomic E-state index is 13.0. The molecule has 85 valence electrons. The summed E-state index contributed by atoms with van der Waals surface area (Å²) in [4.78, 5) is 11.3. The molecular weight excluding hydrogens is 217 g/mol. The predicted octanol–water partition coefficient (Wildman–Crippen LogP) is 3.01. The third-order valence-electron chi connectivity index (χ3n) is 2.47. The minimum Gasteiger partial charge on any atom is -0.350 e. The van der Waals surface area contributed by atoms with Crippen LogP contribution < -0.4 is 5.32 Å². The maximum atomic E-state index is 13.0. The smallest absolute Gasteiger partial charge is 0.251 e. The number of nitrogens with one attached hydrogen (secondary N) is 1. The van der Waals surface area contributed by atoms with Crippen LogP contribution in [0.2, 0.25) is 0 Å². The maximum Gasteiger partial charge on any atom is 0.251 e. The van der Waals surface area contributed by atoms with Gasteiger partial charge in [-0.3, -0.25) is 4.79 Å². The summed E-state index contributed by atoms with van der Waals surface area (Å²) in [6, 6.07) is 13.2. The molecule has 0 saturated heterocycles. The fraction of sp³-hybridized carbons (Fsp3) is 0. The standard InChI is InChI=1S/C14H11FNO/c1-16-14(17)11-7-5-10(6-8-11)12-3-2-4-13(15)9-12/h2-9H,1H2,(H,16,17). The SMILES string of the molecule is [CH2]NC(=O)c1ccc(-c2cccc(F)c2)cc1. The van der Waals surface area contributed by atoms with E-state index in [1.807, 2.05) is 6.07 Å². The van der Waals surface area contributed by atoms with E-state index < -0.39 is 0 Å². The van der Waals surface area contributed by atoms with Gasteiger partial charge in [0, 0.05) is 12.6 Å². The van der Waals surface area contributed by atoms with Crippen LogP contribution in [0.15, 0.2) is 48.5 Å². The van der Waals surface area contributed by atoms with Crippen molar-refractivity contribution >= 4 is 5.91 Å². The first-order valence-corrected chi connectivity index (χ1v) is 5.14. The van der Waals surface area contributed by atoms with Crippen LogP contribution in [-0.2, 0) is 0 Å². The summed E-state index contributed by atoms with van der Waals surface area (Å²) >= 11 is 0. The second kappa shape index (κ2) is 4.78. The van der Waals surface area contributed by atoms with Crippen LogP contribution >= 0.6 is 0 Å². The highest BCUT2D eigenvalue weighted by Crippen LogP contribution is 2.20. The lowest BCUT2D eigenvalue weighted by atomic mass is 10.0. The molecule has 0 aliphatic heterocycles. The molecule has 0 spiro atoms. The molecule has 1 amide bonds. The number of amides is 1. The molecule has 1 radical (unpaired) electrons. The molecule has 0 unspecified atom stereocenters. The minimum absolute atomic E-state index is 0.240. The lowest BCUT2D eigenvalue weighted by Crippen LogP contribution is -2.15. The molecule has 0 aliphatic rings. The zero-order chi connectivity index (χ0) is 12.3. The van der Waals surface area contributed by atoms with Gasteiger partial charge in [-0.2, -0.15) is 0 Å². The first-order valence-electron chi connectivity index (χ1n) is 5.14. The molecule has 0 aliphatic carbocycles. The molecule has 2 aromatic rings. The number of carbonyl (C=O) groups excluding carboxylic acids is 1. The zero-order valence-corrected chi connectivity index (χ0v) is 9.11. The lowest BCUT2D eigenvalue weighted by molar-refractivity contribution is 0.0969. The minimum atomic E-state index is -0.276. The predicted molar refractivity (Wildman–Crippen MR) is 64.7 cm³/mol. The molecule has 3 heteroatoms. The van der Waals surface area contributed by atoms with E-state index in [0.29, 0.717) is 5.56 Å². The monoisotopic (exact) mass is 228 g/mol. The van der Waals surface area contributed by atoms with E-state index in [1.54, 1.807) is 30.3 Å². The second-order valence-electron chi connectivity index (χ2n) is 3.59. The highest BCUT2D eigenvalue weighted by atomic mass is 19.1. The van der Waals surface area contributed by atoms with Crippen molar-refractivity contribution in [3.63, 3.8) is 0 Å². The van der Waals surface area contributed by atoms with Crippen LogP contribution in [0.1, 0.15) is 10.4 Å². The fourth-order valence-corrected chi connectivity index (χ4v) is 1.58. The van der Waals surface area contributed by atoms with Crippen molar-refractivity contribution in [3.8, 4) is 11.1 Å². The Kier molecular flexibility index (Phi) is 3.19. The summed E-state index contributed by atoms with van der Waals surface area (Å²) in [7, 11) is 3.31. The Morgan fingerprint density at radius 2 is 1.76 bits per heavy atom. The first-order chi connectivity index (χ1) is 8.20. The molecule has 0 fully saturated rings. The van der Waals surface area contributed by atoms with Gasteiger partial charge in [0.15, 0.2) is 0 Å². The third-order valence-corrected chi connectivity index (χ3v) is 2.47. The van der Waals surface area contributed by atoms with Crippen molar-refractivity contribution in [2.24, 2.45) is 0 Å². The molecule has 0 aromatic heterocycles. The highest BCUT2D eigenvalue weighted by Gasteiger charge is 2.03. The highest BCUT2D eigenvalue weighted by molar-refractivity contribution is 5.94. The first kappa shape index (κ1) is 11.3. The van der Waals surface area contributed by atoms with Gasteiger partial charge in [-0.1, -0.05) is 24.3 Å². The van der Waals surface area contributed by atoms with Gasteiger partial charge < -0.3 is 5.32 Å². The summed E-state index contributed by atoms with van der Waals surface area (Å²) in [6.07, 6.45) is 0. The third kappa shape index (κ3) is 2.50. The summed E-state index contributed by atoms with van der Waals surface area (Å²) in [6.45, 7) is 0. The van der Waals surface area contributed by atoms with Crippen LogP contribution in [0.5, 0.6) is 0 Å². The molecule has 2 rings (SSSR count). The number of halogens is 1. The summed E-state index contributed by atoms with van der Waals surface area (Å²) in [5, 5.41) is 2.30. The second-order valence-corrected chi connectivity index (χ2v) is 3.59. The molecule has 2 nitrogen and oxygen atoms in total. The topological polar surface area (TPSA) is 29.1 Å². The molecule has 0 heterocycles. The molecule has 1 N–H and O–H groups in total. The van der Waals surface area contributed by atoms with E-state index in [2.05, 4.69) is 12.4 Å². The Bertz CT molecular complexity index is 534. The van der Waals surface area contributed by atoms with Crippen molar-refractivity contribution in [2.45, 2.75) is 0 Å². The molecule has 0 bridgehead atoms. The molecular formula is C14H11FNO. The largest absolute Gasteiger partial charge is 0.350 e. The molecule has 0 atom stereocenters. The van der Waals surface area contributed by atoms with Crippen molar-refractivity contribution < 1.29 is 9.18 Å². The van der Waals surface area contributed by atoms with E-state index in [4.69, 9.17) is 0 Å². The fourth-order valence-electron chi connectivity index (χ4n) is 1.58. The normalized spacial score (nSPS) is 10.0. The molecule has 0 saturated carbocycles. The van der Waals surface area contributed by atoms with E-state index in [1.165, 1.54) is 12.1 Å². The summed E-state index contributed by atoms with van der Waals surface area (Å²) < 4.78 is 13.0. The Labute approximate surface area is 99.1 Å². The van der Waals surface area contributed by atoms with Crippen LogP contribution in [0, 0.1) is 12.9 Å². The van der Waals surface area contributed by atoms with Crippen molar-refractivity contribution in [2.75, 3.05) is 0 Å². The van der Waals surface area contributed by atoms with Gasteiger partial charge in [0.2, 0.25) is 0 Å². The van der Waals surface area contributed by atoms with Gasteiger partial charge in [-0.25, -0.2) is 4.39 Å². The van der Waals surface area contributed by atoms with Crippen molar-refractivity contribution in [1.82, 2.24) is 5.32 Å². The lowest BCUT2D eigenvalue weighted by Gasteiger charge is -2.03.